The SMILES string of the molecule is O=C1CC(SSc2nc3ccccc3s2)N1. The lowest BCUT2D eigenvalue weighted by Gasteiger charge is -2.24. The monoisotopic (exact) mass is 268 g/mol. The Balaban J connectivity index is 1.67. The van der Waals surface area contributed by atoms with Crippen LogP contribution < -0.4 is 5.32 Å². The number of rotatable bonds is 3. The van der Waals surface area contributed by atoms with Gasteiger partial charge in [-0.1, -0.05) is 22.9 Å². The molecule has 2 aromatic rings. The van der Waals surface area contributed by atoms with Gasteiger partial charge in [0, 0.05) is 0 Å². The van der Waals surface area contributed by atoms with Crippen molar-refractivity contribution in [2.24, 2.45) is 0 Å². The van der Waals surface area contributed by atoms with Gasteiger partial charge < -0.3 is 5.32 Å². The van der Waals surface area contributed by atoms with Crippen molar-refractivity contribution in [2.75, 3.05) is 0 Å². The Morgan fingerprint density at radius 2 is 2.25 bits per heavy atom. The molecule has 3 nitrogen and oxygen atoms in total. The molecule has 1 aliphatic rings. The first-order valence-corrected chi connectivity index (χ1v) is 7.82. The van der Waals surface area contributed by atoms with Crippen LogP contribution in [0.5, 0.6) is 0 Å². The zero-order chi connectivity index (χ0) is 11.0. The van der Waals surface area contributed by atoms with Crippen LogP contribution in [0, 0.1) is 0 Å². The third-order valence-corrected chi connectivity index (χ3v) is 6.16. The fourth-order valence-electron chi connectivity index (χ4n) is 1.37. The summed E-state index contributed by atoms with van der Waals surface area (Å²) in [5.41, 5.74) is 1.05. The lowest BCUT2D eigenvalue weighted by Crippen LogP contribution is -2.45. The van der Waals surface area contributed by atoms with Crippen molar-refractivity contribution in [3.63, 3.8) is 0 Å². The number of thiazole rings is 1. The van der Waals surface area contributed by atoms with Crippen LogP contribution in [0.15, 0.2) is 28.6 Å². The summed E-state index contributed by atoms with van der Waals surface area (Å²) in [6, 6.07) is 8.11. The number of carbonyl (C=O) groups excluding carboxylic acids is 1. The first-order valence-electron chi connectivity index (χ1n) is 4.79. The van der Waals surface area contributed by atoms with E-state index in [4.69, 9.17) is 0 Å². The van der Waals surface area contributed by atoms with Gasteiger partial charge in [0.05, 0.1) is 22.0 Å². The molecule has 1 aromatic heterocycles. The van der Waals surface area contributed by atoms with E-state index in [0.29, 0.717) is 6.42 Å². The van der Waals surface area contributed by atoms with E-state index in [1.165, 1.54) is 4.70 Å². The molecule has 0 saturated carbocycles. The number of carbonyl (C=O) groups is 1. The number of nitrogens with one attached hydrogen (secondary N) is 1. The first kappa shape index (κ1) is 10.4. The highest BCUT2D eigenvalue weighted by atomic mass is 33.1. The van der Waals surface area contributed by atoms with Crippen molar-refractivity contribution < 1.29 is 4.79 Å². The van der Waals surface area contributed by atoms with Crippen LogP contribution >= 0.6 is 32.9 Å². The predicted octanol–water partition coefficient (Wildman–Crippen LogP) is 2.88. The minimum Gasteiger partial charge on any atom is -0.343 e. The summed E-state index contributed by atoms with van der Waals surface area (Å²) in [6.45, 7) is 0. The van der Waals surface area contributed by atoms with E-state index >= 15 is 0 Å². The molecule has 0 aliphatic carbocycles. The molecule has 1 aromatic carbocycles. The highest BCUT2D eigenvalue weighted by molar-refractivity contribution is 8.77. The number of amides is 1. The number of hydrogen-bond donors (Lipinski definition) is 1. The molecule has 1 N–H and O–H groups in total. The fraction of sp³-hybridized carbons (Fsp3) is 0.200. The maximum Gasteiger partial charge on any atom is 0.223 e. The van der Waals surface area contributed by atoms with Gasteiger partial charge in [0.25, 0.3) is 0 Å². The van der Waals surface area contributed by atoms with Crippen LogP contribution in [0.2, 0.25) is 0 Å². The summed E-state index contributed by atoms with van der Waals surface area (Å²) < 4.78 is 2.26. The zero-order valence-electron chi connectivity index (χ0n) is 8.17. The molecular weight excluding hydrogens is 260 g/mol. The third-order valence-electron chi connectivity index (χ3n) is 2.20. The lowest BCUT2D eigenvalue weighted by molar-refractivity contribution is -0.126. The minimum absolute atomic E-state index is 0.141. The van der Waals surface area contributed by atoms with Gasteiger partial charge in [0.2, 0.25) is 5.91 Å². The van der Waals surface area contributed by atoms with Crippen LogP contribution in [-0.2, 0) is 4.79 Å². The minimum atomic E-state index is 0.141. The second-order valence-electron chi connectivity index (χ2n) is 3.39. The van der Waals surface area contributed by atoms with Gasteiger partial charge in [0.1, 0.15) is 0 Å². The maximum atomic E-state index is 10.7. The Morgan fingerprint density at radius 1 is 1.44 bits per heavy atom. The number of β-lactam (4-membered cyclic amide) rings is 1. The molecule has 0 bridgehead atoms. The standard InChI is InChI=1S/C10H8N2OS3/c13-8-5-9(12-8)15-16-10-11-6-3-1-2-4-7(6)14-10/h1-4,9H,5H2,(H,12,13). The van der Waals surface area contributed by atoms with Crippen molar-refractivity contribution >= 4 is 49.0 Å². The number of benzene rings is 1. The van der Waals surface area contributed by atoms with Crippen molar-refractivity contribution in [3.05, 3.63) is 24.3 Å². The van der Waals surface area contributed by atoms with Crippen molar-refractivity contribution in [2.45, 2.75) is 16.1 Å². The van der Waals surface area contributed by atoms with Gasteiger partial charge in [-0.25, -0.2) is 4.98 Å². The van der Waals surface area contributed by atoms with Gasteiger partial charge in [0.15, 0.2) is 4.34 Å². The van der Waals surface area contributed by atoms with Crippen LogP contribution in [0.25, 0.3) is 10.2 Å². The number of aromatic nitrogens is 1. The van der Waals surface area contributed by atoms with E-state index in [9.17, 15) is 4.79 Å². The Labute approximate surface area is 104 Å². The second-order valence-corrected chi connectivity index (χ2v) is 7.07. The summed E-state index contributed by atoms with van der Waals surface area (Å²) in [7, 11) is 3.31. The molecule has 0 radical (unpaired) electrons. The number of hydrogen-bond acceptors (Lipinski definition) is 5. The third kappa shape index (κ3) is 2.05. The molecule has 6 heteroatoms. The number of para-hydroxylation sites is 1. The van der Waals surface area contributed by atoms with Gasteiger partial charge >= 0.3 is 0 Å². The van der Waals surface area contributed by atoms with Gasteiger partial charge in [-0.15, -0.1) is 11.3 Å². The molecule has 2 heterocycles. The Kier molecular flexibility index (Phi) is 2.79. The van der Waals surface area contributed by atoms with E-state index in [1.54, 1.807) is 32.9 Å². The molecule has 1 fully saturated rings. The average molecular weight is 268 g/mol. The summed E-state index contributed by atoms with van der Waals surface area (Å²) in [5, 5.41) is 3.08. The average Bonchev–Trinajstić information content (AvgIpc) is 2.65. The molecule has 1 aliphatic heterocycles. The predicted molar refractivity (Wildman–Crippen MR) is 69.6 cm³/mol. The summed E-state index contributed by atoms with van der Waals surface area (Å²) in [4.78, 5) is 15.2. The number of fused-ring (bicyclic) bond motifs is 1. The highest BCUT2D eigenvalue weighted by Gasteiger charge is 2.26. The summed E-state index contributed by atoms with van der Waals surface area (Å²) >= 11 is 1.69. The zero-order valence-corrected chi connectivity index (χ0v) is 10.6. The van der Waals surface area contributed by atoms with E-state index in [-0.39, 0.29) is 11.3 Å². The summed E-state index contributed by atoms with van der Waals surface area (Å²) in [5.74, 6) is 0.141. The molecule has 0 spiro atoms. The van der Waals surface area contributed by atoms with Crippen LogP contribution in [0.1, 0.15) is 6.42 Å². The Morgan fingerprint density at radius 3 is 3.00 bits per heavy atom. The largest absolute Gasteiger partial charge is 0.343 e. The van der Waals surface area contributed by atoms with Crippen LogP contribution in [0.4, 0.5) is 0 Å². The number of nitrogens with zero attached hydrogens (tertiary/aromatic N) is 1. The van der Waals surface area contributed by atoms with Gasteiger partial charge in [-0.3, -0.25) is 4.79 Å². The van der Waals surface area contributed by atoms with Crippen LogP contribution in [0.3, 0.4) is 0 Å². The van der Waals surface area contributed by atoms with Crippen LogP contribution in [-0.4, -0.2) is 16.3 Å². The highest BCUT2D eigenvalue weighted by Crippen LogP contribution is 2.40. The van der Waals surface area contributed by atoms with Gasteiger partial charge in [-0.05, 0) is 22.9 Å². The van der Waals surface area contributed by atoms with Gasteiger partial charge in [-0.2, -0.15) is 0 Å². The topological polar surface area (TPSA) is 42.0 Å². The molecule has 16 heavy (non-hydrogen) atoms. The van der Waals surface area contributed by atoms with Crippen molar-refractivity contribution in [1.82, 2.24) is 10.3 Å². The van der Waals surface area contributed by atoms with E-state index in [1.807, 2.05) is 18.2 Å². The Hall–Kier alpha value is -0.720. The molecule has 82 valence electrons. The smallest absolute Gasteiger partial charge is 0.223 e. The van der Waals surface area contributed by atoms with Crippen molar-refractivity contribution in [3.8, 4) is 0 Å². The van der Waals surface area contributed by atoms with Crippen molar-refractivity contribution in [1.29, 1.82) is 0 Å². The Bertz CT molecular complexity index is 499. The fourth-order valence-corrected chi connectivity index (χ4v) is 4.92. The molecule has 1 unspecified atom stereocenters. The molecule has 1 saturated heterocycles. The summed E-state index contributed by atoms with van der Waals surface area (Å²) in [6.07, 6.45) is 0.628. The van der Waals surface area contributed by atoms with E-state index in [2.05, 4.69) is 16.4 Å². The normalized spacial score (nSPS) is 19.5. The quantitative estimate of drug-likeness (QED) is 0.686. The molecule has 3 rings (SSSR count). The molecular formula is C10H8N2OS3. The molecule has 1 atom stereocenters. The maximum absolute atomic E-state index is 10.7. The van der Waals surface area contributed by atoms with E-state index in [0.717, 1.165) is 9.86 Å². The van der Waals surface area contributed by atoms with E-state index < -0.39 is 0 Å². The first-order chi connectivity index (χ1) is 7.81. The second kappa shape index (κ2) is 4.27. The lowest BCUT2D eigenvalue weighted by atomic mass is 10.3. The molecule has 1 amide bonds.